The number of nitrogens with zero attached hydrogens (tertiary/aromatic N) is 1. The van der Waals surface area contributed by atoms with E-state index in [1.807, 2.05) is 45.0 Å². The highest BCUT2D eigenvalue weighted by Gasteiger charge is 2.14. The van der Waals surface area contributed by atoms with E-state index in [9.17, 15) is 9.90 Å². The molecule has 1 atom stereocenters. The van der Waals surface area contributed by atoms with E-state index in [2.05, 4.69) is 10.5 Å². The zero-order valence-electron chi connectivity index (χ0n) is 14.3. The van der Waals surface area contributed by atoms with Crippen LogP contribution in [0, 0.1) is 13.8 Å². The van der Waals surface area contributed by atoms with Gasteiger partial charge in [0.25, 0.3) is 5.91 Å². The van der Waals surface area contributed by atoms with Gasteiger partial charge in [0.15, 0.2) is 0 Å². The van der Waals surface area contributed by atoms with Crippen LogP contribution in [0.5, 0.6) is 0 Å². The van der Waals surface area contributed by atoms with E-state index >= 15 is 0 Å². The number of rotatable bonds is 8. The topological polar surface area (TPSA) is 75.4 Å². The largest absolute Gasteiger partial charge is 0.393 e. The molecule has 2 rings (SSSR count). The molecule has 1 aromatic heterocycles. The Labute approximate surface area is 146 Å². The van der Waals surface area contributed by atoms with Crippen molar-refractivity contribution in [2.24, 2.45) is 0 Å². The molecule has 0 fully saturated rings. The molecule has 0 aliphatic heterocycles. The third-order valence-corrected chi connectivity index (χ3v) is 5.02. The van der Waals surface area contributed by atoms with Crippen LogP contribution < -0.4 is 5.32 Å². The highest BCUT2D eigenvalue weighted by atomic mass is 32.2. The van der Waals surface area contributed by atoms with E-state index in [1.165, 1.54) is 0 Å². The number of aliphatic hydroxyl groups excluding tert-OH is 1. The summed E-state index contributed by atoms with van der Waals surface area (Å²) in [5.41, 5.74) is 2.61. The third kappa shape index (κ3) is 4.85. The maximum absolute atomic E-state index is 12.4. The van der Waals surface area contributed by atoms with Crippen LogP contribution in [0.4, 0.5) is 0 Å². The van der Waals surface area contributed by atoms with Gasteiger partial charge in [0, 0.05) is 22.8 Å². The first-order valence-electron chi connectivity index (χ1n) is 8.12. The lowest BCUT2D eigenvalue weighted by Crippen LogP contribution is -2.27. The van der Waals surface area contributed by atoms with Crippen LogP contribution in [0.15, 0.2) is 33.7 Å². The van der Waals surface area contributed by atoms with Crippen LogP contribution in [0.25, 0.3) is 0 Å². The number of carbonyl (C=O) groups is 1. The fourth-order valence-corrected chi connectivity index (χ4v) is 3.49. The van der Waals surface area contributed by atoms with Crippen LogP contribution in [-0.4, -0.2) is 28.8 Å². The molecule has 1 heterocycles. The number of amides is 1. The van der Waals surface area contributed by atoms with Crippen LogP contribution in [0.2, 0.25) is 0 Å². The van der Waals surface area contributed by atoms with Crippen LogP contribution in [0.3, 0.4) is 0 Å². The molecule has 1 aromatic carbocycles. The smallest absolute Gasteiger partial charge is 0.252 e. The van der Waals surface area contributed by atoms with Gasteiger partial charge < -0.3 is 14.9 Å². The van der Waals surface area contributed by atoms with Crippen molar-refractivity contribution in [3.05, 3.63) is 46.8 Å². The van der Waals surface area contributed by atoms with Crippen molar-refractivity contribution in [3.8, 4) is 0 Å². The number of carbonyl (C=O) groups excluding carboxylic acids is 1. The SMILES string of the molecule is CCC(O)CCNC(=O)c1ccccc1SCc1c(C)noc1C. The molecule has 24 heavy (non-hydrogen) atoms. The minimum Gasteiger partial charge on any atom is -0.393 e. The Morgan fingerprint density at radius 1 is 1.38 bits per heavy atom. The van der Waals surface area contributed by atoms with Gasteiger partial charge in [-0.15, -0.1) is 11.8 Å². The molecular formula is C18H24N2O3S. The Morgan fingerprint density at radius 3 is 2.79 bits per heavy atom. The number of aliphatic hydroxyl groups is 1. The van der Waals surface area contributed by atoms with E-state index in [1.54, 1.807) is 11.8 Å². The number of thioether (sulfide) groups is 1. The van der Waals surface area contributed by atoms with Crippen molar-refractivity contribution in [2.75, 3.05) is 6.54 Å². The molecule has 0 saturated carbocycles. The van der Waals surface area contributed by atoms with Crippen LogP contribution >= 0.6 is 11.8 Å². The van der Waals surface area contributed by atoms with Crippen LogP contribution in [0.1, 0.15) is 47.1 Å². The Morgan fingerprint density at radius 2 is 2.12 bits per heavy atom. The summed E-state index contributed by atoms with van der Waals surface area (Å²) in [5, 5.41) is 16.4. The molecule has 2 aromatic rings. The number of hydrogen-bond donors (Lipinski definition) is 2. The molecule has 6 heteroatoms. The number of nitrogens with one attached hydrogen (secondary N) is 1. The number of aromatic nitrogens is 1. The fourth-order valence-electron chi connectivity index (χ4n) is 2.29. The Hall–Kier alpha value is -1.79. The quantitative estimate of drug-likeness (QED) is 0.715. The summed E-state index contributed by atoms with van der Waals surface area (Å²) in [7, 11) is 0. The summed E-state index contributed by atoms with van der Waals surface area (Å²) in [6, 6.07) is 7.54. The maximum atomic E-state index is 12.4. The standard InChI is InChI=1S/C18H24N2O3S/c1-4-14(21)9-10-19-18(22)15-7-5-6-8-17(15)24-11-16-12(2)20-23-13(16)3/h5-8,14,21H,4,9-11H2,1-3H3,(H,19,22). The Kier molecular flexibility index (Phi) is 6.87. The van der Waals surface area contributed by atoms with Gasteiger partial charge >= 0.3 is 0 Å². The zero-order chi connectivity index (χ0) is 17.5. The Bertz CT molecular complexity index is 665. The predicted molar refractivity (Wildman–Crippen MR) is 95.2 cm³/mol. The number of aryl methyl sites for hydroxylation is 2. The van der Waals surface area contributed by atoms with E-state index in [0.29, 0.717) is 30.7 Å². The highest BCUT2D eigenvalue weighted by Crippen LogP contribution is 2.28. The second-order valence-corrected chi connectivity index (χ2v) is 6.71. The lowest BCUT2D eigenvalue weighted by atomic mass is 10.2. The molecule has 1 amide bonds. The molecule has 1 unspecified atom stereocenters. The normalized spacial score (nSPS) is 12.2. The second kappa shape index (κ2) is 8.89. The van der Waals surface area contributed by atoms with E-state index in [4.69, 9.17) is 4.52 Å². The summed E-state index contributed by atoms with van der Waals surface area (Å²) in [4.78, 5) is 13.3. The van der Waals surface area contributed by atoms with Gasteiger partial charge in [0.05, 0.1) is 17.4 Å². The van der Waals surface area contributed by atoms with Crippen molar-refractivity contribution in [2.45, 2.75) is 50.4 Å². The number of benzene rings is 1. The van der Waals surface area contributed by atoms with Crippen molar-refractivity contribution in [1.82, 2.24) is 10.5 Å². The van der Waals surface area contributed by atoms with Crippen molar-refractivity contribution in [3.63, 3.8) is 0 Å². The maximum Gasteiger partial charge on any atom is 0.252 e. The minimum absolute atomic E-state index is 0.111. The lowest BCUT2D eigenvalue weighted by Gasteiger charge is -2.11. The molecule has 5 nitrogen and oxygen atoms in total. The second-order valence-electron chi connectivity index (χ2n) is 5.69. The van der Waals surface area contributed by atoms with Crippen molar-refractivity contribution in [1.29, 1.82) is 0 Å². The van der Waals surface area contributed by atoms with Gasteiger partial charge in [-0.3, -0.25) is 4.79 Å². The predicted octanol–water partition coefficient (Wildman–Crippen LogP) is 3.47. The van der Waals surface area contributed by atoms with Gasteiger partial charge in [-0.1, -0.05) is 24.2 Å². The molecule has 0 bridgehead atoms. The van der Waals surface area contributed by atoms with Crippen LogP contribution in [-0.2, 0) is 5.75 Å². The van der Waals surface area contributed by atoms with Crippen molar-refractivity contribution < 1.29 is 14.4 Å². The summed E-state index contributed by atoms with van der Waals surface area (Å²) >= 11 is 1.60. The summed E-state index contributed by atoms with van der Waals surface area (Å²) in [6.45, 7) is 6.21. The lowest BCUT2D eigenvalue weighted by molar-refractivity contribution is 0.0939. The Balaban J connectivity index is 2.00. The van der Waals surface area contributed by atoms with Gasteiger partial charge in [0.1, 0.15) is 5.76 Å². The molecule has 2 N–H and O–H groups in total. The summed E-state index contributed by atoms with van der Waals surface area (Å²) in [5.74, 6) is 1.41. The molecule has 0 radical (unpaired) electrons. The average molecular weight is 348 g/mol. The minimum atomic E-state index is -0.366. The first-order chi connectivity index (χ1) is 11.5. The molecule has 0 saturated heterocycles. The molecule has 0 aliphatic carbocycles. The van der Waals surface area contributed by atoms with Gasteiger partial charge in [-0.2, -0.15) is 0 Å². The van der Waals surface area contributed by atoms with Gasteiger partial charge in [0.2, 0.25) is 0 Å². The van der Waals surface area contributed by atoms with E-state index in [-0.39, 0.29) is 12.0 Å². The van der Waals surface area contributed by atoms with Crippen molar-refractivity contribution >= 4 is 17.7 Å². The molecular weight excluding hydrogens is 324 g/mol. The molecule has 0 aliphatic rings. The third-order valence-electron chi connectivity index (χ3n) is 3.92. The summed E-state index contributed by atoms with van der Waals surface area (Å²) in [6.07, 6.45) is 0.894. The highest BCUT2D eigenvalue weighted by molar-refractivity contribution is 7.98. The molecule has 0 spiro atoms. The average Bonchev–Trinajstić information content (AvgIpc) is 2.91. The first kappa shape index (κ1) is 18.5. The number of hydrogen-bond acceptors (Lipinski definition) is 5. The van der Waals surface area contributed by atoms with E-state index in [0.717, 1.165) is 21.9 Å². The zero-order valence-corrected chi connectivity index (χ0v) is 15.2. The molecule has 130 valence electrons. The monoisotopic (exact) mass is 348 g/mol. The van der Waals surface area contributed by atoms with E-state index < -0.39 is 0 Å². The van der Waals surface area contributed by atoms with Gasteiger partial charge in [-0.25, -0.2) is 0 Å². The first-order valence-corrected chi connectivity index (χ1v) is 9.11. The fraction of sp³-hybridized carbons (Fsp3) is 0.444. The summed E-state index contributed by atoms with van der Waals surface area (Å²) < 4.78 is 5.18. The van der Waals surface area contributed by atoms with Gasteiger partial charge in [-0.05, 0) is 38.8 Å².